The van der Waals surface area contributed by atoms with Gasteiger partial charge in [-0.3, -0.25) is 0 Å². The smallest absolute Gasteiger partial charge is 0.173 e. The van der Waals surface area contributed by atoms with Crippen LogP contribution in [0, 0.1) is 13.8 Å². The molecule has 1 aromatic heterocycles. The summed E-state index contributed by atoms with van der Waals surface area (Å²) in [5.41, 5.74) is 6.92. The van der Waals surface area contributed by atoms with E-state index < -0.39 is 0 Å². The van der Waals surface area contributed by atoms with Crippen molar-refractivity contribution in [3.63, 3.8) is 0 Å². The van der Waals surface area contributed by atoms with Crippen LogP contribution in [0.5, 0.6) is 0 Å². The average Bonchev–Trinajstić information content (AvgIpc) is 2.71. The van der Waals surface area contributed by atoms with E-state index in [-0.39, 0.29) is 0 Å². The Morgan fingerprint density at radius 1 is 0.607 bits per heavy atom. The van der Waals surface area contributed by atoms with Gasteiger partial charge < -0.3 is 10.6 Å². The van der Waals surface area contributed by atoms with Crippen molar-refractivity contribution in [3.05, 3.63) is 96.3 Å². The van der Waals surface area contributed by atoms with E-state index in [4.69, 9.17) is 0 Å². The molecule has 0 aliphatic carbocycles. The van der Waals surface area contributed by atoms with E-state index in [1.54, 1.807) is 12.4 Å². The molecule has 4 heteroatoms. The lowest BCUT2D eigenvalue weighted by molar-refractivity contribution is 1.19. The fraction of sp³-hybridized carbons (Fsp3) is 0.0833. The summed E-state index contributed by atoms with van der Waals surface area (Å²) < 4.78 is 0. The highest BCUT2D eigenvalue weighted by Crippen LogP contribution is 2.31. The van der Waals surface area contributed by atoms with Crippen molar-refractivity contribution < 1.29 is 0 Å². The third-order valence-corrected chi connectivity index (χ3v) is 4.63. The molecule has 0 bridgehead atoms. The van der Waals surface area contributed by atoms with E-state index in [1.165, 1.54) is 22.3 Å². The van der Waals surface area contributed by atoms with Gasteiger partial charge in [-0.1, -0.05) is 48.5 Å². The Kier molecular flexibility index (Phi) is 5.02. The number of nitrogens with one attached hydrogen (secondary N) is 2. The molecule has 0 saturated carbocycles. The van der Waals surface area contributed by atoms with Crippen LogP contribution in [0.15, 0.2) is 85.2 Å². The Hall–Kier alpha value is -3.66. The monoisotopic (exact) mass is 366 g/mol. The molecule has 0 amide bonds. The highest BCUT2D eigenvalue weighted by molar-refractivity contribution is 5.77. The second kappa shape index (κ2) is 7.92. The first-order chi connectivity index (χ1) is 13.7. The molecule has 138 valence electrons. The van der Waals surface area contributed by atoms with Crippen LogP contribution in [0.4, 0.5) is 23.0 Å². The van der Waals surface area contributed by atoms with Crippen molar-refractivity contribution in [2.24, 2.45) is 0 Å². The van der Waals surface area contributed by atoms with Crippen LogP contribution in [0.2, 0.25) is 0 Å². The number of aryl methyl sites for hydroxylation is 2. The summed E-state index contributed by atoms with van der Waals surface area (Å²) in [6.07, 6.45) is 3.37. The molecule has 28 heavy (non-hydrogen) atoms. The van der Waals surface area contributed by atoms with Gasteiger partial charge in [0.25, 0.3) is 0 Å². The van der Waals surface area contributed by atoms with Gasteiger partial charge in [0.05, 0.1) is 0 Å². The van der Waals surface area contributed by atoms with Gasteiger partial charge in [-0.15, -0.1) is 0 Å². The quantitative estimate of drug-likeness (QED) is 0.438. The van der Waals surface area contributed by atoms with E-state index in [0.29, 0.717) is 11.6 Å². The van der Waals surface area contributed by atoms with Crippen molar-refractivity contribution in [3.8, 4) is 11.1 Å². The highest BCUT2D eigenvalue weighted by atomic mass is 15.1. The van der Waals surface area contributed by atoms with Crippen LogP contribution in [0.1, 0.15) is 11.1 Å². The van der Waals surface area contributed by atoms with Crippen molar-refractivity contribution in [1.29, 1.82) is 0 Å². The van der Waals surface area contributed by atoms with E-state index in [1.807, 2.05) is 36.4 Å². The molecule has 0 unspecified atom stereocenters. The molecule has 0 aliphatic heterocycles. The van der Waals surface area contributed by atoms with E-state index in [2.05, 4.69) is 70.8 Å². The van der Waals surface area contributed by atoms with Gasteiger partial charge >= 0.3 is 0 Å². The van der Waals surface area contributed by atoms with Crippen LogP contribution in [0.3, 0.4) is 0 Å². The number of hydrogen-bond acceptors (Lipinski definition) is 4. The Morgan fingerprint density at radius 2 is 1.18 bits per heavy atom. The number of anilines is 4. The van der Waals surface area contributed by atoms with Crippen molar-refractivity contribution >= 4 is 23.0 Å². The summed E-state index contributed by atoms with van der Waals surface area (Å²) in [7, 11) is 0. The number of aromatic nitrogens is 2. The average molecular weight is 366 g/mol. The van der Waals surface area contributed by atoms with E-state index in [9.17, 15) is 0 Å². The minimum atomic E-state index is 0.685. The van der Waals surface area contributed by atoms with Gasteiger partial charge in [-0.25, -0.2) is 9.97 Å². The first kappa shape index (κ1) is 17.7. The molecule has 4 nitrogen and oxygen atoms in total. The molecule has 0 atom stereocenters. The maximum atomic E-state index is 4.47. The number of rotatable bonds is 5. The lowest BCUT2D eigenvalue weighted by Gasteiger charge is -2.14. The van der Waals surface area contributed by atoms with Crippen molar-refractivity contribution in [2.75, 3.05) is 10.6 Å². The van der Waals surface area contributed by atoms with Crippen LogP contribution in [-0.2, 0) is 0 Å². The molecule has 2 N–H and O–H groups in total. The number of para-hydroxylation sites is 1. The fourth-order valence-corrected chi connectivity index (χ4v) is 3.34. The maximum absolute atomic E-state index is 4.47. The van der Waals surface area contributed by atoms with Crippen molar-refractivity contribution in [1.82, 2.24) is 9.97 Å². The normalized spacial score (nSPS) is 10.5. The molecular weight excluding hydrogens is 344 g/mol. The Morgan fingerprint density at radius 3 is 1.86 bits per heavy atom. The molecule has 0 fully saturated rings. The molecule has 4 aromatic rings. The topological polar surface area (TPSA) is 49.8 Å². The summed E-state index contributed by atoms with van der Waals surface area (Å²) in [6.45, 7) is 4.29. The van der Waals surface area contributed by atoms with Crippen LogP contribution >= 0.6 is 0 Å². The molecule has 4 rings (SSSR count). The molecule has 3 aromatic carbocycles. The van der Waals surface area contributed by atoms with Gasteiger partial charge in [0, 0.05) is 23.8 Å². The third-order valence-electron chi connectivity index (χ3n) is 4.63. The van der Waals surface area contributed by atoms with Crippen LogP contribution in [-0.4, -0.2) is 9.97 Å². The van der Waals surface area contributed by atoms with Gasteiger partial charge in [0.2, 0.25) is 0 Å². The zero-order valence-corrected chi connectivity index (χ0v) is 16.0. The van der Waals surface area contributed by atoms with Gasteiger partial charge in [0.1, 0.15) is 0 Å². The van der Waals surface area contributed by atoms with E-state index >= 15 is 0 Å². The summed E-state index contributed by atoms with van der Waals surface area (Å²) in [4.78, 5) is 8.91. The van der Waals surface area contributed by atoms with E-state index in [0.717, 1.165) is 11.4 Å². The summed E-state index contributed by atoms with van der Waals surface area (Å²) in [5, 5.41) is 6.73. The third kappa shape index (κ3) is 3.86. The molecule has 0 radical (unpaired) electrons. The molecule has 1 heterocycles. The second-order valence-corrected chi connectivity index (χ2v) is 6.72. The first-order valence-electron chi connectivity index (χ1n) is 9.27. The highest BCUT2D eigenvalue weighted by Gasteiger charge is 2.09. The zero-order chi connectivity index (χ0) is 19.3. The lowest BCUT2D eigenvalue weighted by Crippen LogP contribution is -2.02. The lowest BCUT2D eigenvalue weighted by atomic mass is 9.95. The summed E-state index contributed by atoms with van der Waals surface area (Å²) in [6, 6.07) is 24.7. The van der Waals surface area contributed by atoms with Crippen LogP contribution < -0.4 is 10.6 Å². The minimum absolute atomic E-state index is 0.685. The second-order valence-electron chi connectivity index (χ2n) is 6.72. The number of benzene rings is 3. The van der Waals surface area contributed by atoms with Gasteiger partial charge in [-0.05, 0) is 60.4 Å². The molecule has 0 aliphatic rings. The fourth-order valence-electron chi connectivity index (χ4n) is 3.34. The SMILES string of the molecule is Cc1cccc(C)c1-c1cccc(Nc2nccnc2Nc2ccccc2)c1. The Labute approximate surface area is 165 Å². The first-order valence-corrected chi connectivity index (χ1v) is 9.27. The Bertz CT molecular complexity index is 1070. The summed E-state index contributed by atoms with van der Waals surface area (Å²) >= 11 is 0. The Balaban J connectivity index is 1.64. The van der Waals surface area contributed by atoms with Crippen LogP contribution in [0.25, 0.3) is 11.1 Å². The number of hydrogen-bond donors (Lipinski definition) is 2. The molecular formula is C24H22N4. The largest absolute Gasteiger partial charge is 0.337 e. The van der Waals surface area contributed by atoms with Gasteiger partial charge in [0.15, 0.2) is 11.6 Å². The minimum Gasteiger partial charge on any atom is -0.337 e. The molecule has 0 spiro atoms. The predicted octanol–water partition coefficient (Wildman–Crippen LogP) is 6.25. The van der Waals surface area contributed by atoms with Gasteiger partial charge in [-0.2, -0.15) is 0 Å². The van der Waals surface area contributed by atoms with Crippen molar-refractivity contribution in [2.45, 2.75) is 13.8 Å². The standard InChI is InChI=1S/C24H22N4/c1-17-8-6-9-18(2)22(17)19-10-7-13-21(16-19)28-24-23(25-14-15-26-24)27-20-11-4-3-5-12-20/h3-16H,1-2H3,(H,25,27)(H,26,28). The maximum Gasteiger partial charge on any atom is 0.173 e. The zero-order valence-electron chi connectivity index (χ0n) is 16.0. The number of nitrogens with zero attached hydrogens (tertiary/aromatic N) is 2. The predicted molar refractivity (Wildman–Crippen MR) is 116 cm³/mol. The molecule has 0 saturated heterocycles. The summed E-state index contributed by atoms with van der Waals surface area (Å²) in [5.74, 6) is 1.37.